The first-order valence-electron chi connectivity index (χ1n) is 9.85. The molecule has 0 saturated carbocycles. The molecule has 0 radical (unpaired) electrons. The normalized spacial score (nSPS) is 23.4. The minimum Gasteiger partial charge on any atom is -0.479 e. The van der Waals surface area contributed by atoms with Crippen LogP contribution in [0.5, 0.6) is 5.75 Å². The molecule has 4 rings (SSSR count). The molecular formula is C23H23NO6. The van der Waals surface area contributed by atoms with Crippen molar-refractivity contribution in [3.63, 3.8) is 0 Å². The Morgan fingerprint density at radius 3 is 2.57 bits per heavy atom. The number of benzene rings is 2. The number of amides is 1. The van der Waals surface area contributed by atoms with Crippen LogP contribution in [0.3, 0.4) is 0 Å². The lowest BCUT2D eigenvalue weighted by atomic mass is 9.74. The summed E-state index contributed by atoms with van der Waals surface area (Å²) in [6, 6.07) is 12.7. The first-order valence-corrected chi connectivity index (χ1v) is 9.85. The molecule has 0 spiro atoms. The third-order valence-corrected chi connectivity index (χ3v) is 5.96. The topological polar surface area (TPSA) is 102 Å². The summed E-state index contributed by atoms with van der Waals surface area (Å²) in [5.41, 5.74) is -0.141. The molecule has 2 atom stereocenters. The van der Waals surface area contributed by atoms with Gasteiger partial charge in [0.1, 0.15) is 5.75 Å². The molecule has 7 heteroatoms. The molecule has 1 aliphatic heterocycles. The number of carbonyl (C=O) groups excluding carboxylic acids is 2. The van der Waals surface area contributed by atoms with E-state index in [1.165, 1.54) is 6.92 Å². The third kappa shape index (κ3) is 2.61. The lowest BCUT2D eigenvalue weighted by molar-refractivity contribution is -0.123. The van der Waals surface area contributed by atoms with Gasteiger partial charge in [-0.2, -0.15) is 0 Å². The van der Waals surface area contributed by atoms with E-state index >= 15 is 0 Å². The van der Waals surface area contributed by atoms with Crippen molar-refractivity contribution in [3.8, 4) is 5.75 Å². The van der Waals surface area contributed by atoms with Gasteiger partial charge in [0.25, 0.3) is 0 Å². The molecule has 1 aliphatic carbocycles. The summed E-state index contributed by atoms with van der Waals surface area (Å²) >= 11 is 0. The Morgan fingerprint density at radius 1 is 1.17 bits per heavy atom. The number of carbonyl (C=O) groups is 3. The van der Waals surface area contributed by atoms with E-state index in [0.717, 1.165) is 5.56 Å². The second-order valence-electron chi connectivity index (χ2n) is 8.01. The first kappa shape index (κ1) is 19.9. The highest BCUT2D eigenvalue weighted by molar-refractivity contribution is 6.12. The van der Waals surface area contributed by atoms with Gasteiger partial charge in [-0.3, -0.25) is 9.59 Å². The van der Waals surface area contributed by atoms with Crippen molar-refractivity contribution in [3.05, 3.63) is 64.7 Å². The lowest BCUT2D eigenvalue weighted by Gasteiger charge is -2.38. The van der Waals surface area contributed by atoms with E-state index < -0.39 is 17.3 Å². The van der Waals surface area contributed by atoms with Crippen molar-refractivity contribution in [2.75, 3.05) is 6.61 Å². The van der Waals surface area contributed by atoms with Gasteiger partial charge < -0.3 is 19.9 Å². The Morgan fingerprint density at radius 2 is 1.90 bits per heavy atom. The molecule has 0 bridgehead atoms. The Labute approximate surface area is 174 Å². The van der Waals surface area contributed by atoms with Crippen LogP contribution in [0.25, 0.3) is 0 Å². The minimum absolute atomic E-state index is 0.0635. The highest BCUT2D eigenvalue weighted by Crippen LogP contribution is 2.61. The Bertz CT molecular complexity index is 1060. The summed E-state index contributed by atoms with van der Waals surface area (Å²) in [5.74, 6) is 0.0854. The first-order chi connectivity index (χ1) is 14.2. The second-order valence-corrected chi connectivity index (χ2v) is 8.01. The van der Waals surface area contributed by atoms with Gasteiger partial charge in [-0.15, -0.1) is 0 Å². The molecule has 0 saturated heterocycles. The average Bonchev–Trinajstić information content (AvgIpc) is 3.06. The molecule has 2 N–H and O–H groups in total. The van der Waals surface area contributed by atoms with Gasteiger partial charge in [-0.05, 0) is 17.5 Å². The number of ketones is 1. The number of Topliss-reactive ketones (excluding diaryl/α,β-unsaturated/α-hetero) is 1. The number of ether oxygens (including phenoxy) is 2. The monoisotopic (exact) mass is 409 g/mol. The molecule has 156 valence electrons. The molecule has 0 aromatic heterocycles. The van der Waals surface area contributed by atoms with Crippen LogP contribution in [0.1, 0.15) is 60.2 Å². The zero-order valence-electron chi connectivity index (χ0n) is 17.0. The molecule has 0 fully saturated rings. The van der Waals surface area contributed by atoms with Crippen LogP contribution in [-0.4, -0.2) is 29.6 Å². The van der Waals surface area contributed by atoms with Crippen molar-refractivity contribution < 1.29 is 29.0 Å². The number of fused-ring (bicyclic) bond motifs is 5. The Hall–Kier alpha value is -3.35. The van der Waals surface area contributed by atoms with E-state index in [-0.39, 0.29) is 30.6 Å². The zero-order valence-corrected chi connectivity index (χ0v) is 17.0. The van der Waals surface area contributed by atoms with E-state index in [1.54, 1.807) is 24.3 Å². The van der Waals surface area contributed by atoms with Gasteiger partial charge in [-0.1, -0.05) is 50.2 Å². The molecule has 2 aromatic rings. The standard InChI is InChI=1S/C23H23NO6/c1-13(2)15-8-9-18-19(12-15)30-22(10-11-29-21(27)28)17-7-5-4-6-16(17)20(26)23(18,22)24-14(3)25/h4-9,12-13H,10-11H2,1-3H3,(H,24,25)(H,27,28). The Kier molecular flexibility index (Phi) is 4.56. The molecule has 1 heterocycles. The van der Waals surface area contributed by atoms with Crippen LogP contribution in [-0.2, 0) is 20.7 Å². The summed E-state index contributed by atoms with van der Waals surface area (Å²) in [7, 11) is 0. The number of nitrogens with one attached hydrogen (secondary N) is 1. The number of carboxylic acid groups (broad SMARTS) is 1. The van der Waals surface area contributed by atoms with Crippen LogP contribution in [0, 0.1) is 0 Å². The van der Waals surface area contributed by atoms with Gasteiger partial charge in [-0.25, -0.2) is 4.79 Å². The third-order valence-electron chi connectivity index (χ3n) is 5.96. The maximum Gasteiger partial charge on any atom is 0.505 e. The summed E-state index contributed by atoms with van der Waals surface area (Å²) in [6.45, 7) is 5.27. The smallest absolute Gasteiger partial charge is 0.479 e. The predicted molar refractivity (Wildman–Crippen MR) is 108 cm³/mol. The van der Waals surface area contributed by atoms with Crippen molar-refractivity contribution in [2.45, 2.75) is 44.2 Å². The van der Waals surface area contributed by atoms with Gasteiger partial charge >= 0.3 is 6.16 Å². The molecule has 1 amide bonds. The van der Waals surface area contributed by atoms with E-state index in [1.807, 2.05) is 18.2 Å². The lowest BCUT2D eigenvalue weighted by Crippen LogP contribution is -2.60. The summed E-state index contributed by atoms with van der Waals surface area (Å²) in [4.78, 5) is 37.0. The molecule has 2 aromatic carbocycles. The van der Waals surface area contributed by atoms with E-state index in [0.29, 0.717) is 22.4 Å². The summed E-state index contributed by atoms with van der Waals surface area (Å²) in [5, 5.41) is 11.8. The van der Waals surface area contributed by atoms with Crippen LogP contribution in [0.4, 0.5) is 4.79 Å². The van der Waals surface area contributed by atoms with Gasteiger partial charge in [0, 0.05) is 30.0 Å². The fraction of sp³-hybridized carbons (Fsp3) is 0.348. The van der Waals surface area contributed by atoms with Crippen LogP contribution >= 0.6 is 0 Å². The molecule has 2 unspecified atom stereocenters. The van der Waals surface area contributed by atoms with Crippen molar-refractivity contribution >= 4 is 17.8 Å². The maximum atomic E-state index is 13.8. The molecule has 7 nitrogen and oxygen atoms in total. The fourth-order valence-electron chi connectivity index (χ4n) is 4.72. The van der Waals surface area contributed by atoms with Gasteiger partial charge in [0.2, 0.25) is 5.91 Å². The zero-order chi connectivity index (χ0) is 21.7. The SMILES string of the molecule is CC(=O)NC12C(=O)c3ccccc3C1(CCOC(=O)O)Oc1cc(C(C)C)ccc12. The van der Waals surface area contributed by atoms with Gasteiger partial charge in [0.15, 0.2) is 16.9 Å². The minimum atomic E-state index is -1.49. The number of rotatable bonds is 5. The number of hydrogen-bond acceptors (Lipinski definition) is 5. The quantitative estimate of drug-likeness (QED) is 0.730. The van der Waals surface area contributed by atoms with Crippen LogP contribution in [0.2, 0.25) is 0 Å². The van der Waals surface area contributed by atoms with Crippen molar-refractivity contribution in [1.82, 2.24) is 5.32 Å². The van der Waals surface area contributed by atoms with E-state index in [9.17, 15) is 14.4 Å². The largest absolute Gasteiger partial charge is 0.505 e. The van der Waals surface area contributed by atoms with Crippen molar-refractivity contribution in [2.24, 2.45) is 0 Å². The summed E-state index contributed by atoms with van der Waals surface area (Å²) < 4.78 is 11.3. The van der Waals surface area contributed by atoms with Crippen LogP contribution in [0.15, 0.2) is 42.5 Å². The molecular weight excluding hydrogens is 386 g/mol. The molecule has 30 heavy (non-hydrogen) atoms. The highest BCUT2D eigenvalue weighted by Gasteiger charge is 2.71. The second kappa shape index (κ2) is 6.86. The van der Waals surface area contributed by atoms with E-state index in [2.05, 4.69) is 19.2 Å². The van der Waals surface area contributed by atoms with Gasteiger partial charge in [0.05, 0.1) is 6.61 Å². The average molecular weight is 409 g/mol. The van der Waals surface area contributed by atoms with Crippen molar-refractivity contribution in [1.29, 1.82) is 0 Å². The number of hydrogen-bond donors (Lipinski definition) is 2. The maximum absolute atomic E-state index is 13.8. The Balaban J connectivity index is 1.96. The van der Waals surface area contributed by atoms with Crippen LogP contribution < -0.4 is 10.1 Å². The highest BCUT2D eigenvalue weighted by atomic mass is 16.7. The molecule has 2 aliphatic rings. The summed E-state index contributed by atoms with van der Waals surface area (Å²) in [6.07, 6.45) is -1.35. The predicted octanol–water partition coefficient (Wildman–Crippen LogP) is 3.71. The fourth-order valence-corrected chi connectivity index (χ4v) is 4.72. The van der Waals surface area contributed by atoms with E-state index in [4.69, 9.17) is 14.6 Å².